The lowest BCUT2D eigenvalue weighted by molar-refractivity contribution is 0.285. The molecule has 0 aromatic carbocycles. The van der Waals surface area contributed by atoms with Crippen LogP contribution in [-0.4, -0.2) is 33.7 Å². The molecule has 29 heavy (non-hydrogen) atoms. The third kappa shape index (κ3) is 3.80. The first kappa shape index (κ1) is 18.6. The van der Waals surface area contributed by atoms with E-state index in [1.54, 1.807) is 32.5 Å². The normalized spacial score (nSPS) is 17.4. The van der Waals surface area contributed by atoms with Crippen LogP contribution in [0, 0.1) is 24.2 Å². The van der Waals surface area contributed by atoms with Gasteiger partial charge in [-0.15, -0.1) is 0 Å². The summed E-state index contributed by atoms with van der Waals surface area (Å²) in [5.74, 6) is 2.31. The number of nitrogens with one attached hydrogen (secondary N) is 1. The van der Waals surface area contributed by atoms with Crippen molar-refractivity contribution < 1.29 is 9.47 Å². The molecule has 1 N–H and O–H groups in total. The lowest BCUT2D eigenvalue weighted by atomic mass is 10.0. The van der Waals surface area contributed by atoms with Crippen LogP contribution in [0.25, 0.3) is 11.1 Å². The van der Waals surface area contributed by atoms with Gasteiger partial charge < -0.3 is 14.5 Å². The van der Waals surface area contributed by atoms with Gasteiger partial charge in [0, 0.05) is 35.5 Å². The summed E-state index contributed by atoms with van der Waals surface area (Å²) in [4.78, 5) is 27.5. The van der Waals surface area contributed by atoms with Crippen molar-refractivity contribution in [1.29, 1.82) is 5.26 Å². The van der Waals surface area contributed by atoms with Gasteiger partial charge in [-0.25, -0.2) is 4.98 Å². The number of ether oxygens (including phenoxy) is 2. The molecule has 1 aliphatic carbocycles. The van der Waals surface area contributed by atoms with E-state index in [1.165, 1.54) is 6.20 Å². The molecule has 146 valence electrons. The van der Waals surface area contributed by atoms with Crippen LogP contribution in [0.2, 0.25) is 0 Å². The largest absolute Gasteiger partial charge is 0.495 e. The molecule has 3 aromatic rings. The first-order valence-electron chi connectivity index (χ1n) is 9.19. The molecule has 4 rings (SSSR count). The number of nitriles is 1. The van der Waals surface area contributed by atoms with Crippen LogP contribution in [0.5, 0.6) is 11.6 Å². The number of aromatic nitrogens is 4. The first-order valence-corrected chi connectivity index (χ1v) is 9.19. The molecule has 0 saturated heterocycles. The fraction of sp³-hybridized carbons (Fsp3) is 0.286. The molecule has 3 heterocycles. The molecule has 0 bridgehead atoms. The van der Waals surface area contributed by atoms with Gasteiger partial charge in [0.1, 0.15) is 23.2 Å². The van der Waals surface area contributed by atoms with Crippen molar-refractivity contribution in [1.82, 2.24) is 19.9 Å². The van der Waals surface area contributed by atoms with Crippen molar-refractivity contribution in [3.05, 3.63) is 64.2 Å². The molecule has 1 saturated carbocycles. The number of H-pyrrole nitrogens is 1. The molecule has 3 aromatic heterocycles. The molecule has 0 amide bonds. The van der Waals surface area contributed by atoms with E-state index in [9.17, 15) is 10.1 Å². The second-order valence-corrected chi connectivity index (χ2v) is 6.88. The van der Waals surface area contributed by atoms with E-state index < -0.39 is 5.56 Å². The van der Waals surface area contributed by atoms with E-state index >= 15 is 0 Å². The van der Waals surface area contributed by atoms with Gasteiger partial charge in [0.25, 0.3) is 5.56 Å². The van der Waals surface area contributed by atoms with Gasteiger partial charge in [-0.2, -0.15) is 10.2 Å². The number of aromatic amines is 1. The summed E-state index contributed by atoms with van der Waals surface area (Å²) in [6, 6.07) is 7.48. The zero-order valence-electron chi connectivity index (χ0n) is 16.0. The highest BCUT2D eigenvalue weighted by molar-refractivity contribution is 5.73. The molecular formula is C21H19N5O3. The van der Waals surface area contributed by atoms with Crippen LogP contribution in [0.3, 0.4) is 0 Å². The van der Waals surface area contributed by atoms with Gasteiger partial charge in [0.15, 0.2) is 0 Å². The maximum absolute atomic E-state index is 12.0. The van der Waals surface area contributed by atoms with Crippen molar-refractivity contribution in [2.45, 2.75) is 19.3 Å². The van der Waals surface area contributed by atoms with Crippen LogP contribution in [-0.2, 0) is 0 Å². The Kier molecular flexibility index (Phi) is 4.96. The Balaban J connectivity index is 1.53. The van der Waals surface area contributed by atoms with E-state index in [4.69, 9.17) is 9.47 Å². The molecule has 2 atom stereocenters. The van der Waals surface area contributed by atoms with Crippen LogP contribution in [0.15, 0.2) is 41.6 Å². The standard InChI is InChI=1S/C21H19N5O3/c1-12-24-10-18(15-5-6-23-20(27)17(15)8-22)21(26-12)29-11-13-7-16(13)19-4-3-14(28-2)9-25-19/h3-6,9-10,13,16H,7,11H2,1-2H3,(H,23,27)/t13-,16+/m1/s1. The van der Waals surface area contributed by atoms with Crippen molar-refractivity contribution in [2.24, 2.45) is 5.92 Å². The number of pyridine rings is 2. The second kappa shape index (κ2) is 7.72. The van der Waals surface area contributed by atoms with E-state index in [-0.39, 0.29) is 5.56 Å². The number of hydrogen-bond acceptors (Lipinski definition) is 7. The first-order chi connectivity index (χ1) is 14.1. The minimum absolute atomic E-state index is 0.0107. The van der Waals surface area contributed by atoms with Gasteiger partial charge in [-0.05, 0) is 31.5 Å². The summed E-state index contributed by atoms with van der Waals surface area (Å²) >= 11 is 0. The molecule has 1 aliphatic rings. The highest BCUT2D eigenvalue weighted by atomic mass is 16.5. The molecule has 0 spiro atoms. The monoisotopic (exact) mass is 389 g/mol. The quantitative estimate of drug-likeness (QED) is 0.689. The Bertz CT molecular complexity index is 1130. The number of methoxy groups -OCH3 is 1. The zero-order valence-corrected chi connectivity index (χ0v) is 16.0. The fourth-order valence-corrected chi connectivity index (χ4v) is 3.27. The molecule has 0 unspecified atom stereocenters. The Morgan fingerprint density at radius 1 is 1.24 bits per heavy atom. The Morgan fingerprint density at radius 3 is 2.83 bits per heavy atom. The minimum atomic E-state index is -0.454. The highest BCUT2D eigenvalue weighted by Gasteiger charge is 2.40. The highest BCUT2D eigenvalue weighted by Crippen LogP contribution is 2.47. The predicted octanol–water partition coefficient (Wildman–Crippen LogP) is 2.60. The number of rotatable bonds is 6. The van der Waals surface area contributed by atoms with Crippen molar-refractivity contribution >= 4 is 0 Å². The molecule has 8 nitrogen and oxygen atoms in total. The summed E-state index contributed by atoms with van der Waals surface area (Å²) in [5, 5.41) is 9.36. The average Bonchev–Trinajstić information content (AvgIpc) is 3.52. The fourth-order valence-electron chi connectivity index (χ4n) is 3.27. The molecule has 1 fully saturated rings. The van der Waals surface area contributed by atoms with Crippen LogP contribution >= 0.6 is 0 Å². The van der Waals surface area contributed by atoms with Crippen LogP contribution < -0.4 is 15.0 Å². The van der Waals surface area contributed by atoms with Crippen LogP contribution in [0.1, 0.15) is 29.4 Å². The van der Waals surface area contributed by atoms with Crippen LogP contribution in [0.4, 0.5) is 0 Å². The number of nitrogens with zero attached hydrogens (tertiary/aromatic N) is 4. The summed E-state index contributed by atoms with van der Waals surface area (Å²) in [5.41, 5.74) is 1.55. The third-order valence-corrected chi connectivity index (χ3v) is 4.97. The van der Waals surface area contributed by atoms with Crippen molar-refractivity contribution in [2.75, 3.05) is 13.7 Å². The van der Waals surface area contributed by atoms with Gasteiger partial charge >= 0.3 is 0 Å². The molecule has 0 radical (unpaired) electrons. The summed E-state index contributed by atoms with van der Waals surface area (Å²) < 4.78 is 11.2. The third-order valence-electron chi connectivity index (χ3n) is 4.97. The van der Waals surface area contributed by atoms with Gasteiger partial charge in [0.2, 0.25) is 5.88 Å². The van der Waals surface area contributed by atoms with Crippen molar-refractivity contribution in [3.8, 4) is 28.8 Å². The van der Waals surface area contributed by atoms with E-state index in [2.05, 4.69) is 19.9 Å². The number of hydrogen-bond donors (Lipinski definition) is 1. The maximum atomic E-state index is 12.0. The van der Waals surface area contributed by atoms with E-state index in [0.717, 1.165) is 17.9 Å². The van der Waals surface area contributed by atoms with E-state index in [0.29, 0.717) is 41.3 Å². The van der Waals surface area contributed by atoms with Gasteiger partial charge in [-0.3, -0.25) is 9.78 Å². The van der Waals surface area contributed by atoms with E-state index in [1.807, 2.05) is 18.2 Å². The summed E-state index contributed by atoms with van der Waals surface area (Å²) in [6.45, 7) is 2.23. The Labute approximate surface area is 167 Å². The topological polar surface area (TPSA) is 114 Å². The average molecular weight is 389 g/mol. The van der Waals surface area contributed by atoms with Crippen molar-refractivity contribution in [3.63, 3.8) is 0 Å². The molecule has 8 heteroatoms. The molecule has 0 aliphatic heterocycles. The lowest BCUT2D eigenvalue weighted by Crippen LogP contribution is -2.12. The maximum Gasteiger partial charge on any atom is 0.266 e. The predicted molar refractivity (Wildman–Crippen MR) is 105 cm³/mol. The number of aryl methyl sites for hydroxylation is 1. The smallest absolute Gasteiger partial charge is 0.266 e. The SMILES string of the molecule is COc1ccc([C@H]2C[C@@H]2COc2nc(C)ncc2-c2cc[nH]c(=O)c2C#N)nc1. The minimum Gasteiger partial charge on any atom is -0.495 e. The zero-order chi connectivity index (χ0) is 20.4. The second-order valence-electron chi connectivity index (χ2n) is 6.88. The lowest BCUT2D eigenvalue weighted by Gasteiger charge is -2.11. The van der Waals surface area contributed by atoms with Gasteiger partial charge in [0.05, 0.1) is 25.5 Å². The Morgan fingerprint density at radius 2 is 2.10 bits per heavy atom. The Hall–Kier alpha value is -3.73. The summed E-state index contributed by atoms with van der Waals surface area (Å²) in [7, 11) is 1.62. The molecular weight excluding hydrogens is 370 g/mol. The summed E-state index contributed by atoms with van der Waals surface area (Å²) in [6.07, 6.45) is 5.78. The van der Waals surface area contributed by atoms with Gasteiger partial charge in [-0.1, -0.05) is 0 Å².